The van der Waals surface area contributed by atoms with E-state index in [-0.39, 0.29) is 45.5 Å². The highest BCUT2D eigenvalue weighted by atomic mass is 16.7. The summed E-state index contributed by atoms with van der Waals surface area (Å²) in [5.41, 5.74) is -5.53. The molecule has 0 aromatic rings. The number of nitrogens with one attached hydrogen (secondary N) is 5. The first-order valence-corrected chi connectivity index (χ1v) is 23.2. The summed E-state index contributed by atoms with van der Waals surface area (Å²) in [6, 6.07) is -5.00. The molecule has 0 aromatic carbocycles. The molecule has 0 aromatic heterocycles. The number of aliphatic hydroxyl groups excluding tert-OH is 4. The van der Waals surface area contributed by atoms with Crippen molar-refractivity contribution in [3.8, 4) is 0 Å². The van der Waals surface area contributed by atoms with E-state index in [1.165, 1.54) is 14.0 Å². The topological polar surface area (TPSA) is 324 Å². The van der Waals surface area contributed by atoms with Gasteiger partial charge in [0.15, 0.2) is 6.29 Å². The zero-order valence-electron chi connectivity index (χ0n) is 42.6. The van der Waals surface area contributed by atoms with E-state index in [0.717, 1.165) is 4.90 Å². The van der Waals surface area contributed by atoms with Crippen LogP contribution in [0.1, 0.15) is 109 Å². The molecule has 3 aliphatic rings. The summed E-state index contributed by atoms with van der Waals surface area (Å²) in [6.07, 6.45) is -14.0. The number of nitrogens with zero attached hydrogens (tertiary/aromatic N) is 1. The number of carbonyl (C=O) groups is 5. The molecule has 1 aliphatic carbocycles. The highest BCUT2D eigenvalue weighted by Crippen LogP contribution is 2.35. The van der Waals surface area contributed by atoms with Gasteiger partial charge in [-0.15, -0.1) is 0 Å². The van der Waals surface area contributed by atoms with Gasteiger partial charge in [0.1, 0.15) is 64.3 Å². The number of rotatable bonds is 16. The van der Waals surface area contributed by atoms with E-state index in [1.807, 2.05) is 0 Å². The molecule has 0 unspecified atom stereocenters. The third-order valence-corrected chi connectivity index (χ3v) is 10.3. The standard InChI is InChI=1S/C45H80N6O18/c1-41(2,3)66-37(57)47-18-17-28(53)34(56)48-26-21-27(50-39(59)68-43(7,8)9)32(64-35-25(49-38(58)67-42(4,5)6)16-15-24(63-35)22-46-19-20-52)29(54)31(26)65-36-30(55)33(45(13,61)23-62-36)51(14)40(60)69-44(10,11)12/h15,25-33,35-36,46,52-55,61H,16-23H2,1-14H3,(H,47,57)(H,48,56)(H,49,58)(H,50,59)/t25-,26-,27+,28-,29-,30-,31+,32-,33-,35-,36-,45+/m1/s1. The fourth-order valence-corrected chi connectivity index (χ4v) is 7.57. The Morgan fingerprint density at radius 2 is 1.26 bits per heavy atom. The SMILES string of the molecule is CN(C(=O)OC(C)(C)C)[C@@H]1[C@@H](O)[C@@H](O[C@@H]2[C@@H](O)[C@H](O[C@H]3OC(CNCCO)=CC[C@H]3NC(=O)OC(C)(C)C)[C@@H](NC(=O)OC(C)(C)C)C[C@H]2NC(=O)[C@H](O)CCNC(=O)OC(C)(C)C)OC[C@]1(C)O. The Hall–Kier alpha value is -4.27. The normalized spacial score (nSPS) is 29.2. The third-order valence-electron chi connectivity index (χ3n) is 10.3. The number of hydrogen-bond donors (Lipinski definition) is 10. The second kappa shape index (κ2) is 24.2. The summed E-state index contributed by atoms with van der Waals surface area (Å²) in [6.45, 7) is 20.6. The van der Waals surface area contributed by atoms with Gasteiger partial charge in [-0.25, -0.2) is 19.2 Å². The van der Waals surface area contributed by atoms with Gasteiger partial charge in [-0.1, -0.05) is 0 Å². The summed E-state index contributed by atoms with van der Waals surface area (Å²) < 4.78 is 46.8. The van der Waals surface area contributed by atoms with E-state index in [1.54, 1.807) is 89.2 Å². The highest BCUT2D eigenvalue weighted by molar-refractivity contribution is 5.81. The predicted octanol–water partition coefficient (Wildman–Crippen LogP) is 0.984. The largest absolute Gasteiger partial charge is 0.466 e. The van der Waals surface area contributed by atoms with Crippen molar-refractivity contribution in [1.29, 1.82) is 0 Å². The van der Waals surface area contributed by atoms with Crippen LogP contribution in [0.25, 0.3) is 0 Å². The van der Waals surface area contributed by atoms with Gasteiger partial charge in [0.25, 0.3) is 0 Å². The number of hydrogen-bond acceptors (Lipinski definition) is 19. The molecule has 69 heavy (non-hydrogen) atoms. The Balaban J connectivity index is 2.10. The van der Waals surface area contributed by atoms with E-state index in [9.17, 15) is 49.5 Å². The van der Waals surface area contributed by atoms with E-state index < -0.39 is 132 Å². The molecule has 2 heterocycles. The lowest BCUT2D eigenvalue weighted by Gasteiger charge is -2.50. The first kappa shape index (κ1) is 59.0. The van der Waals surface area contributed by atoms with E-state index in [2.05, 4.69) is 26.6 Å². The smallest absolute Gasteiger partial charge is 0.410 e. The van der Waals surface area contributed by atoms with Gasteiger partial charge >= 0.3 is 24.4 Å². The molecule has 2 fully saturated rings. The number of alkyl carbamates (subject to hydrolysis) is 3. The number of ether oxygens (including phenoxy) is 8. The fraction of sp³-hybridized carbons (Fsp3) is 0.844. The lowest BCUT2D eigenvalue weighted by Crippen LogP contribution is -2.71. The Morgan fingerprint density at radius 3 is 1.80 bits per heavy atom. The molecule has 3 rings (SSSR count). The average molecular weight is 993 g/mol. The molecular weight excluding hydrogens is 913 g/mol. The Kier molecular flexibility index (Phi) is 20.7. The van der Waals surface area contributed by atoms with E-state index in [0.29, 0.717) is 5.76 Å². The van der Waals surface area contributed by atoms with Crippen LogP contribution in [0.5, 0.6) is 0 Å². The maximum Gasteiger partial charge on any atom is 0.410 e. The van der Waals surface area contributed by atoms with Crippen molar-refractivity contribution < 1.29 is 87.4 Å². The zero-order chi connectivity index (χ0) is 52.4. The van der Waals surface area contributed by atoms with Crippen molar-refractivity contribution in [2.75, 3.05) is 39.9 Å². The van der Waals surface area contributed by atoms with Gasteiger partial charge in [0, 0.05) is 20.1 Å². The fourth-order valence-electron chi connectivity index (χ4n) is 7.57. The van der Waals surface area contributed by atoms with Crippen molar-refractivity contribution in [2.24, 2.45) is 0 Å². The molecule has 0 spiro atoms. The molecule has 24 heteroatoms. The van der Waals surface area contributed by atoms with Crippen LogP contribution in [0.4, 0.5) is 19.2 Å². The van der Waals surface area contributed by atoms with E-state index >= 15 is 0 Å². The van der Waals surface area contributed by atoms with Crippen LogP contribution in [-0.4, -0.2) is 196 Å². The number of carbonyl (C=O) groups excluding carboxylic acids is 5. The molecule has 398 valence electrons. The number of likely N-dealkylation sites (N-methyl/N-ethyl adjacent to an activating group) is 1. The van der Waals surface area contributed by atoms with Crippen LogP contribution >= 0.6 is 0 Å². The van der Waals surface area contributed by atoms with Gasteiger partial charge in [-0.05, 0) is 115 Å². The molecule has 1 saturated heterocycles. The second-order valence-corrected chi connectivity index (χ2v) is 21.6. The van der Waals surface area contributed by atoms with Gasteiger partial charge < -0.3 is 94.9 Å². The Morgan fingerprint density at radius 1 is 0.754 bits per heavy atom. The maximum atomic E-state index is 13.8. The first-order valence-electron chi connectivity index (χ1n) is 23.2. The highest BCUT2D eigenvalue weighted by Gasteiger charge is 2.55. The Bertz CT molecular complexity index is 1760. The summed E-state index contributed by atoms with van der Waals surface area (Å²) in [4.78, 5) is 67.0. The summed E-state index contributed by atoms with van der Waals surface area (Å²) >= 11 is 0. The molecule has 0 bridgehead atoms. The minimum Gasteiger partial charge on any atom is -0.466 e. The predicted molar refractivity (Wildman–Crippen MR) is 245 cm³/mol. The second-order valence-electron chi connectivity index (χ2n) is 21.6. The number of amides is 5. The van der Waals surface area contributed by atoms with Crippen LogP contribution in [0.3, 0.4) is 0 Å². The van der Waals surface area contributed by atoms with Gasteiger partial charge in [-0.2, -0.15) is 0 Å². The van der Waals surface area contributed by atoms with Crippen LogP contribution < -0.4 is 26.6 Å². The summed E-state index contributed by atoms with van der Waals surface area (Å²) in [5.74, 6) is -0.642. The van der Waals surface area contributed by atoms with Crippen molar-refractivity contribution in [3.63, 3.8) is 0 Å². The van der Waals surface area contributed by atoms with Crippen LogP contribution in [0.15, 0.2) is 11.8 Å². The minimum absolute atomic E-state index is 0.126. The van der Waals surface area contributed by atoms with Crippen molar-refractivity contribution in [2.45, 2.75) is 205 Å². The molecule has 0 radical (unpaired) electrons. The summed E-state index contributed by atoms with van der Waals surface area (Å²) in [7, 11) is 1.31. The maximum absolute atomic E-state index is 13.8. The monoisotopic (exact) mass is 993 g/mol. The van der Waals surface area contributed by atoms with Gasteiger partial charge in [0.2, 0.25) is 12.2 Å². The van der Waals surface area contributed by atoms with Crippen LogP contribution in [0, 0.1) is 0 Å². The quantitative estimate of drug-likeness (QED) is 0.0761. The average Bonchev–Trinajstić information content (AvgIpc) is 3.16. The molecule has 24 nitrogen and oxygen atoms in total. The molecule has 1 saturated carbocycles. The van der Waals surface area contributed by atoms with Crippen molar-refractivity contribution in [3.05, 3.63) is 11.8 Å². The zero-order valence-corrected chi connectivity index (χ0v) is 42.6. The molecule has 2 aliphatic heterocycles. The van der Waals surface area contributed by atoms with Gasteiger partial charge in [-0.3, -0.25) is 4.79 Å². The Labute approximate surface area is 404 Å². The van der Waals surface area contributed by atoms with Crippen LogP contribution in [-0.2, 0) is 42.7 Å². The van der Waals surface area contributed by atoms with Gasteiger partial charge in [0.05, 0.1) is 43.9 Å². The van der Waals surface area contributed by atoms with Crippen LogP contribution in [0.2, 0.25) is 0 Å². The lowest BCUT2D eigenvalue weighted by atomic mass is 9.82. The third kappa shape index (κ3) is 19.5. The van der Waals surface area contributed by atoms with E-state index in [4.69, 9.17) is 37.9 Å². The summed E-state index contributed by atoms with van der Waals surface area (Å²) in [5, 5.41) is 69.9. The van der Waals surface area contributed by atoms with Crippen molar-refractivity contribution in [1.82, 2.24) is 31.5 Å². The van der Waals surface area contributed by atoms with Crippen molar-refractivity contribution >= 4 is 30.3 Å². The molecule has 5 amide bonds. The molecular formula is C45H80N6O18. The lowest BCUT2D eigenvalue weighted by molar-refractivity contribution is -0.311. The first-order chi connectivity index (χ1) is 31.6. The molecule has 12 atom stereocenters. The molecule has 10 N–H and O–H groups in total. The number of aliphatic hydroxyl groups is 5. The minimum atomic E-state index is -1.90.